The number of carbonyl (C=O) groups is 1. The normalized spacial score (nSPS) is 18.3. The molecule has 0 spiro atoms. The number of amides is 1. The largest absolute Gasteiger partial charge is 0.300 e. The molecule has 1 aliphatic rings. The van der Waals surface area contributed by atoms with Crippen LogP contribution in [0.3, 0.4) is 0 Å². The van der Waals surface area contributed by atoms with E-state index in [0.29, 0.717) is 11.3 Å². The molecule has 0 fully saturated rings. The highest BCUT2D eigenvalue weighted by Gasteiger charge is 2.32. The molecule has 0 N–H and O–H groups in total. The van der Waals surface area contributed by atoms with Gasteiger partial charge in [-0.3, -0.25) is 4.79 Å². The molecular formula is C19H18FNO3S. The van der Waals surface area contributed by atoms with Gasteiger partial charge in [-0.2, -0.15) is 0 Å². The maximum absolute atomic E-state index is 13.3. The van der Waals surface area contributed by atoms with E-state index in [1.165, 1.54) is 35.2 Å². The van der Waals surface area contributed by atoms with Crippen LogP contribution in [0.4, 0.5) is 10.1 Å². The Bertz CT molecular complexity index is 929. The van der Waals surface area contributed by atoms with Gasteiger partial charge < -0.3 is 4.90 Å². The Morgan fingerprint density at radius 1 is 1.08 bits per heavy atom. The number of hydrogen-bond acceptors (Lipinski definition) is 3. The topological polar surface area (TPSA) is 54.5 Å². The Labute approximate surface area is 146 Å². The molecule has 1 heterocycles. The number of nitrogens with zero attached hydrogens (tertiary/aromatic N) is 1. The van der Waals surface area contributed by atoms with Crippen molar-refractivity contribution >= 4 is 21.4 Å². The minimum absolute atomic E-state index is 0.180. The molecule has 130 valence electrons. The van der Waals surface area contributed by atoms with Crippen LogP contribution in [0.2, 0.25) is 0 Å². The Balaban J connectivity index is 2.06. The fraction of sp³-hybridized carbons (Fsp3) is 0.211. The lowest BCUT2D eigenvalue weighted by molar-refractivity contribution is 0.0983. The molecule has 0 aromatic heterocycles. The van der Waals surface area contributed by atoms with Crippen LogP contribution in [-0.2, 0) is 9.84 Å². The first kappa shape index (κ1) is 17.4. The fourth-order valence-corrected chi connectivity index (χ4v) is 4.29. The molecule has 1 aliphatic heterocycles. The van der Waals surface area contributed by atoms with Gasteiger partial charge in [0.25, 0.3) is 5.91 Å². The first-order valence-corrected chi connectivity index (χ1v) is 9.55. The molecule has 0 saturated carbocycles. The number of benzene rings is 2. The van der Waals surface area contributed by atoms with Crippen LogP contribution in [0.25, 0.3) is 0 Å². The van der Waals surface area contributed by atoms with Crippen LogP contribution < -0.4 is 4.90 Å². The lowest BCUT2D eigenvalue weighted by atomic mass is 10.0. The summed E-state index contributed by atoms with van der Waals surface area (Å²) in [5.74, 6) is -0.914. The summed E-state index contributed by atoms with van der Waals surface area (Å²) in [7, 11) is -3.34. The molecule has 3 rings (SSSR count). The molecule has 6 heteroatoms. The molecule has 0 radical (unpaired) electrons. The second-order valence-electron chi connectivity index (χ2n) is 6.25. The smallest absolute Gasteiger partial charge is 0.258 e. The van der Waals surface area contributed by atoms with E-state index in [-0.39, 0.29) is 11.7 Å². The first-order chi connectivity index (χ1) is 11.7. The average Bonchev–Trinajstić information content (AvgIpc) is 2.88. The van der Waals surface area contributed by atoms with E-state index in [4.69, 9.17) is 0 Å². The summed E-state index contributed by atoms with van der Waals surface area (Å²) in [4.78, 5) is 14.5. The zero-order valence-corrected chi connectivity index (χ0v) is 14.8. The van der Waals surface area contributed by atoms with Crippen LogP contribution in [0.15, 0.2) is 53.9 Å². The van der Waals surface area contributed by atoms with Crippen molar-refractivity contribution in [3.8, 4) is 0 Å². The predicted octanol–water partition coefficient (Wildman–Crippen LogP) is 3.40. The van der Waals surface area contributed by atoms with Gasteiger partial charge in [-0.05, 0) is 56.3 Å². The van der Waals surface area contributed by atoms with Gasteiger partial charge in [0.15, 0.2) is 9.84 Å². The maximum atomic E-state index is 13.3. The number of carbonyl (C=O) groups excluding carboxylic acids is 1. The van der Waals surface area contributed by atoms with Gasteiger partial charge in [0.05, 0.1) is 11.8 Å². The van der Waals surface area contributed by atoms with Gasteiger partial charge in [-0.15, -0.1) is 0 Å². The van der Waals surface area contributed by atoms with E-state index in [9.17, 15) is 17.6 Å². The standard InChI is InChI=1S/C19H18FNO3S/c1-13-9-14(2)11-15(10-13)19(22)21(17-5-3-16(20)4-6-17)18-7-8-25(23,24)12-18/h3-11,18H,12H2,1-2H3/t18-/m1/s1. The summed E-state index contributed by atoms with van der Waals surface area (Å²) < 4.78 is 36.9. The van der Waals surface area contributed by atoms with Gasteiger partial charge in [-0.1, -0.05) is 17.2 Å². The lowest BCUT2D eigenvalue weighted by Crippen LogP contribution is -2.41. The summed E-state index contributed by atoms with van der Waals surface area (Å²) in [6.07, 6.45) is 1.50. The minimum Gasteiger partial charge on any atom is -0.300 e. The van der Waals surface area contributed by atoms with Gasteiger partial charge in [0.2, 0.25) is 0 Å². The van der Waals surface area contributed by atoms with E-state index in [2.05, 4.69) is 0 Å². The molecule has 0 saturated heterocycles. The zero-order valence-electron chi connectivity index (χ0n) is 13.9. The van der Waals surface area contributed by atoms with Crippen LogP contribution in [0.1, 0.15) is 21.5 Å². The van der Waals surface area contributed by atoms with Gasteiger partial charge in [-0.25, -0.2) is 12.8 Å². The van der Waals surface area contributed by atoms with E-state index in [1.807, 2.05) is 19.9 Å². The van der Waals surface area contributed by atoms with Crippen molar-refractivity contribution in [2.24, 2.45) is 0 Å². The molecule has 1 amide bonds. The Morgan fingerprint density at radius 3 is 2.20 bits per heavy atom. The van der Waals surface area contributed by atoms with Crippen LogP contribution in [0.5, 0.6) is 0 Å². The van der Waals surface area contributed by atoms with Crippen molar-refractivity contribution in [1.82, 2.24) is 0 Å². The molecule has 25 heavy (non-hydrogen) atoms. The molecule has 0 bridgehead atoms. The summed E-state index contributed by atoms with van der Waals surface area (Å²) >= 11 is 0. The van der Waals surface area contributed by atoms with Crippen molar-refractivity contribution in [3.05, 3.63) is 76.5 Å². The van der Waals surface area contributed by atoms with Crippen molar-refractivity contribution in [3.63, 3.8) is 0 Å². The predicted molar refractivity (Wildman–Crippen MR) is 95.8 cm³/mol. The summed E-state index contributed by atoms with van der Waals surface area (Å²) in [5.41, 5.74) is 2.81. The van der Waals surface area contributed by atoms with Gasteiger partial charge in [0, 0.05) is 16.7 Å². The summed E-state index contributed by atoms with van der Waals surface area (Å²) in [6.45, 7) is 3.79. The molecule has 2 aromatic carbocycles. The molecular weight excluding hydrogens is 341 g/mol. The second-order valence-corrected chi connectivity index (χ2v) is 8.18. The molecule has 4 nitrogen and oxygen atoms in total. The monoisotopic (exact) mass is 359 g/mol. The Kier molecular flexibility index (Phi) is 4.47. The van der Waals surface area contributed by atoms with Crippen LogP contribution in [-0.4, -0.2) is 26.1 Å². The molecule has 0 unspecified atom stereocenters. The van der Waals surface area contributed by atoms with Crippen molar-refractivity contribution in [2.45, 2.75) is 19.9 Å². The minimum atomic E-state index is -3.34. The third-order valence-corrected chi connectivity index (χ3v) is 5.41. The first-order valence-electron chi connectivity index (χ1n) is 7.83. The Morgan fingerprint density at radius 2 is 1.68 bits per heavy atom. The average molecular weight is 359 g/mol. The number of aryl methyl sites for hydroxylation is 2. The highest BCUT2D eigenvalue weighted by Crippen LogP contribution is 2.26. The van der Waals surface area contributed by atoms with Gasteiger partial charge in [0.1, 0.15) is 5.82 Å². The SMILES string of the molecule is Cc1cc(C)cc(C(=O)N(c2ccc(F)cc2)[C@@H]2C=CS(=O)(=O)C2)c1. The zero-order chi connectivity index (χ0) is 18.2. The third-order valence-electron chi connectivity index (χ3n) is 4.04. The van der Waals surface area contributed by atoms with Crippen molar-refractivity contribution in [1.29, 1.82) is 0 Å². The lowest BCUT2D eigenvalue weighted by Gasteiger charge is -2.28. The number of halogens is 1. The quantitative estimate of drug-likeness (QED) is 0.844. The van der Waals surface area contributed by atoms with Crippen LogP contribution in [0, 0.1) is 19.7 Å². The molecule has 1 atom stereocenters. The highest BCUT2D eigenvalue weighted by molar-refractivity contribution is 7.94. The Hall–Kier alpha value is -2.47. The van der Waals surface area contributed by atoms with Crippen molar-refractivity contribution in [2.75, 3.05) is 10.7 Å². The van der Waals surface area contributed by atoms with Crippen molar-refractivity contribution < 1.29 is 17.6 Å². The highest BCUT2D eigenvalue weighted by atomic mass is 32.2. The van der Waals surface area contributed by atoms with E-state index < -0.39 is 21.7 Å². The maximum Gasteiger partial charge on any atom is 0.258 e. The summed E-state index contributed by atoms with van der Waals surface area (Å²) in [5, 5.41) is 1.13. The second kappa shape index (κ2) is 6.44. The molecule has 0 aliphatic carbocycles. The number of sulfone groups is 1. The van der Waals surface area contributed by atoms with E-state index in [1.54, 1.807) is 12.1 Å². The van der Waals surface area contributed by atoms with E-state index >= 15 is 0 Å². The van der Waals surface area contributed by atoms with E-state index in [0.717, 1.165) is 16.5 Å². The third kappa shape index (κ3) is 3.79. The van der Waals surface area contributed by atoms with Crippen LogP contribution >= 0.6 is 0 Å². The van der Waals surface area contributed by atoms with Gasteiger partial charge >= 0.3 is 0 Å². The number of anilines is 1. The summed E-state index contributed by atoms with van der Waals surface area (Å²) in [6, 6.07) is 10.3. The molecule has 2 aromatic rings. The number of rotatable bonds is 3. The number of hydrogen-bond donors (Lipinski definition) is 0. The fourth-order valence-electron chi connectivity index (χ4n) is 3.02.